The van der Waals surface area contributed by atoms with E-state index in [1.54, 1.807) is 30.5 Å². The second-order valence-electron chi connectivity index (χ2n) is 7.10. The van der Waals surface area contributed by atoms with Crippen LogP contribution in [0.2, 0.25) is 0 Å². The van der Waals surface area contributed by atoms with Gasteiger partial charge in [-0.15, -0.1) is 0 Å². The molecule has 0 saturated carbocycles. The molecule has 0 bridgehead atoms. The summed E-state index contributed by atoms with van der Waals surface area (Å²) in [7, 11) is 1.55. The fourth-order valence-electron chi connectivity index (χ4n) is 2.92. The maximum atomic E-state index is 12.5. The van der Waals surface area contributed by atoms with Gasteiger partial charge in [0.25, 0.3) is 0 Å². The van der Waals surface area contributed by atoms with Crippen LogP contribution in [0.5, 0.6) is 5.75 Å². The minimum atomic E-state index is -0.865. The first kappa shape index (κ1) is 17.5. The van der Waals surface area contributed by atoms with E-state index in [0.29, 0.717) is 30.2 Å². The van der Waals surface area contributed by atoms with E-state index in [2.05, 4.69) is 11.9 Å². The van der Waals surface area contributed by atoms with E-state index in [0.717, 1.165) is 0 Å². The van der Waals surface area contributed by atoms with Gasteiger partial charge in [-0.2, -0.15) is 0 Å². The number of carbonyl (C=O) groups is 1. The van der Waals surface area contributed by atoms with Gasteiger partial charge in [0.15, 0.2) is 0 Å². The molecule has 1 aromatic heterocycles. The monoisotopic (exact) mass is 322 g/mol. The third-order valence-corrected chi connectivity index (χ3v) is 3.89. The van der Waals surface area contributed by atoms with Crippen molar-refractivity contribution in [1.29, 1.82) is 0 Å². The number of aromatic nitrogens is 1. The highest BCUT2D eigenvalue weighted by molar-refractivity contribution is 5.69. The molecule has 1 amide bonds. The fourth-order valence-corrected chi connectivity index (χ4v) is 2.92. The average Bonchev–Trinajstić information content (AvgIpc) is 2.87. The molecule has 1 aromatic rings. The molecular formula is C17H26N2O4. The number of nitrogens with zero attached hydrogens (tertiary/aromatic N) is 2. The van der Waals surface area contributed by atoms with Crippen LogP contribution in [0.1, 0.15) is 45.8 Å². The lowest BCUT2D eigenvalue weighted by atomic mass is 9.98. The van der Waals surface area contributed by atoms with Crippen molar-refractivity contribution >= 4 is 6.09 Å². The lowest BCUT2D eigenvalue weighted by Gasteiger charge is -2.31. The van der Waals surface area contributed by atoms with Crippen LogP contribution < -0.4 is 4.74 Å². The minimum Gasteiger partial charge on any atom is -0.496 e. The molecule has 6 heteroatoms. The summed E-state index contributed by atoms with van der Waals surface area (Å²) in [5, 5.41) is 10.8. The molecular weight excluding hydrogens is 296 g/mol. The molecule has 1 aliphatic rings. The number of carbonyl (C=O) groups excluding carboxylic acids is 1. The van der Waals surface area contributed by atoms with Gasteiger partial charge in [-0.25, -0.2) is 4.79 Å². The molecule has 0 aliphatic carbocycles. The molecule has 1 fully saturated rings. The summed E-state index contributed by atoms with van der Waals surface area (Å²) in [4.78, 5) is 18.1. The van der Waals surface area contributed by atoms with Crippen molar-refractivity contribution in [2.24, 2.45) is 5.92 Å². The number of aliphatic hydroxyl groups is 1. The zero-order valence-electron chi connectivity index (χ0n) is 14.4. The summed E-state index contributed by atoms with van der Waals surface area (Å²) >= 11 is 0. The number of ether oxygens (including phenoxy) is 2. The Kier molecular flexibility index (Phi) is 5.14. The second-order valence-corrected chi connectivity index (χ2v) is 7.10. The van der Waals surface area contributed by atoms with Crippen LogP contribution in [-0.4, -0.2) is 46.4 Å². The van der Waals surface area contributed by atoms with E-state index in [-0.39, 0.29) is 6.04 Å². The number of rotatable bonds is 3. The minimum absolute atomic E-state index is 0.296. The van der Waals surface area contributed by atoms with Crippen LogP contribution in [0.15, 0.2) is 18.5 Å². The summed E-state index contributed by atoms with van der Waals surface area (Å²) in [6.45, 7) is 8.13. The Bertz CT molecular complexity index is 556. The molecule has 6 nitrogen and oxygen atoms in total. The molecule has 2 rings (SSSR count). The van der Waals surface area contributed by atoms with Crippen LogP contribution in [0.3, 0.4) is 0 Å². The van der Waals surface area contributed by atoms with Crippen molar-refractivity contribution in [3.63, 3.8) is 0 Å². The summed E-state index contributed by atoms with van der Waals surface area (Å²) in [6.07, 6.45) is 2.64. The molecule has 0 aromatic carbocycles. The van der Waals surface area contributed by atoms with E-state index >= 15 is 0 Å². The Morgan fingerprint density at radius 3 is 2.78 bits per heavy atom. The lowest BCUT2D eigenvalue weighted by molar-refractivity contribution is 0.00436. The van der Waals surface area contributed by atoms with Gasteiger partial charge in [0.2, 0.25) is 0 Å². The predicted molar refractivity (Wildman–Crippen MR) is 86.3 cm³/mol. The topological polar surface area (TPSA) is 71.9 Å². The first-order valence-electron chi connectivity index (χ1n) is 7.88. The largest absolute Gasteiger partial charge is 0.496 e. The molecule has 0 radical (unpaired) electrons. The zero-order valence-corrected chi connectivity index (χ0v) is 14.4. The Hall–Kier alpha value is -1.82. The van der Waals surface area contributed by atoms with Crippen molar-refractivity contribution in [2.75, 3.05) is 13.7 Å². The lowest BCUT2D eigenvalue weighted by Crippen LogP contribution is -2.42. The Balaban J connectivity index is 2.23. The number of pyridine rings is 1. The molecule has 23 heavy (non-hydrogen) atoms. The van der Waals surface area contributed by atoms with Crippen LogP contribution in [-0.2, 0) is 4.74 Å². The first-order chi connectivity index (χ1) is 10.7. The number of hydrogen-bond acceptors (Lipinski definition) is 5. The standard InChI is InChI=1S/C17H26N2O4/c1-11-8-13(19(10-11)16(21)23-17(2,3)4)15(20)12-9-18-7-6-14(12)22-5/h6-7,9,11,13,15,20H,8,10H2,1-5H3/t11-,13?,15?/m0/s1. The van der Waals surface area contributed by atoms with E-state index < -0.39 is 17.8 Å². The van der Waals surface area contributed by atoms with Crippen LogP contribution in [0, 0.1) is 5.92 Å². The predicted octanol–water partition coefficient (Wildman–Crippen LogP) is 2.77. The van der Waals surface area contributed by atoms with Crippen molar-refractivity contribution in [3.05, 3.63) is 24.0 Å². The summed E-state index contributed by atoms with van der Waals surface area (Å²) in [6, 6.07) is 1.35. The van der Waals surface area contributed by atoms with E-state index in [1.807, 2.05) is 20.8 Å². The molecule has 1 N–H and O–H groups in total. The highest BCUT2D eigenvalue weighted by atomic mass is 16.6. The maximum Gasteiger partial charge on any atom is 0.410 e. The number of methoxy groups -OCH3 is 1. The number of likely N-dealkylation sites (tertiary alicyclic amines) is 1. The third kappa shape index (κ3) is 4.13. The van der Waals surface area contributed by atoms with Gasteiger partial charge in [0.05, 0.1) is 13.2 Å². The average molecular weight is 322 g/mol. The molecule has 1 saturated heterocycles. The third-order valence-electron chi connectivity index (χ3n) is 3.89. The van der Waals surface area contributed by atoms with Crippen LogP contribution in [0.25, 0.3) is 0 Å². The number of amides is 1. The Morgan fingerprint density at radius 2 is 2.17 bits per heavy atom. The number of hydrogen-bond donors (Lipinski definition) is 1. The second kappa shape index (κ2) is 6.74. The van der Waals surface area contributed by atoms with E-state index in [1.165, 1.54) is 0 Å². The van der Waals surface area contributed by atoms with Gasteiger partial charge in [0, 0.05) is 24.5 Å². The molecule has 1 aliphatic heterocycles. The molecule has 2 heterocycles. The summed E-state index contributed by atoms with van der Waals surface area (Å²) < 4.78 is 10.8. The van der Waals surface area contributed by atoms with Crippen LogP contribution in [0.4, 0.5) is 4.79 Å². The van der Waals surface area contributed by atoms with Gasteiger partial charge >= 0.3 is 6.09 Å². The summed E-state index contributed by atoms with van der Waals surface area (Å²) in [5.74, 6) is 0.862. The quantitative estimate of drug-likeness (QED) is 0.926. The first-order valence-corrected chi connectivity index (χ1v) is 7.88. The molecule has 0 spiro atoms. The highest BCUT2D eigenvalue weighted by Gasteiger charge is 2.40. The highest BCUT2D eigenvalue weighted by Crippen LogP contribution is 2.36. The normalized spacial score (nSPS) is 22.8. The van der Waals surface area contributed by atoms with Gasteiger partial charge in [-0.3, -0.25) is 4.98 Å². The van der Waals surface area contributed by atoms with Gasteiger partial charge < -0.3 is 19.5 Å². The molecule has 128 valence electrons. The van der Waals surface area contributed by atoms with Gasteiger partial charge in [0.1, 0.15) is 17.5 Å². The van der Waals surface area contributed by atoms with E-state index in [9.17, 15) is 9.90 Å². The van der Waals surface area contributed by atoms with Crippen molar-refractivity contribution in [1.82, 2.24) is 9.88 Å². The fraction of sp³-hybridized carbons (Fsp3) is 0.647. The summed E-state index contributed by atoms with van der Waals surface area (Å²) in [5.41, 5.74) is 0.0207. The number of aliphatic hydroxyl groups excluding tert-OH is 1. The van der Waals surface area contributed by atoms with Crippen LogP contribution >= 0.6 is 0 Å². The SMILES string of the molecule is COc1ccncc1C(O)C1C[C@H](C)CN1C(=O)OC(C)(C)C. The smallest absolute Gasteiger partial charge is 0.410 e. The molecule has 2 unspecified atom stereocenters. The zero-order chi connectivity index (χ0) is 17.2. The molecule has 3 atom stereocenters. The Labute approximate surface area is 137 Å². The van der Waals surface area contributed by atoms with Gasteiger partial charge in [-0.05, 0) is 39.2 Å². The van der Waals surface area contributed by atoms with Crippen molar-refractivity contribution in [2.45, 2.75) is 51.9 Å². The van der Waals surface area contributed by atoms with E-state index in [4.69, 9.17) is 9.47 Å². The van der Waals surface area contributed by atoms with Crippen molar-refractivity contribution < 1.29 is 19.4 Å². The van der Waals surface area contributed by atoms with Gasteiger partial charge in [-0.1, -0.05) is 6.92 Å². The Morgan fingerprint density at radius 1 is 1.48 bits per heavy atom. The van der Waals surface area contributed by atoms with Crippen molar-refractivity contribution in [3.8, 4) is 5.75 Å². The maximum absolute atomic E-state index is 12.5.